The van der Waals surface area contributed by atoms with Crippen LogP contribution in [0.1, 0.15) is 18.0 Å². The van der Waals surface area contributed by atoms with Crippen LogP contribution < -0.4 is 4.90 Å². The van der Waals surface area contributed by atoms with Crippen molar-refractivity contribution in [1.29, 1.82) is 0 Å². The molecule has 2 aromatic carbocycles. The highest BCUT2D eigenvalue weighted by molar-refractivity contribution is 6.22. The van der Waals surface area contributed by atoms with Crippen LogP contribution in [0.4, 0.5) is 14.5 Å². The summed E-state index contributed by atoms with van der Waals surface area (Å²) < 4.78 is 28.4. The van der Waals surface area contributed by atoms with Crippen molar-refractivity contribution in [3.8, 4) is 11.1 Å². The van der Waals surface area contributed by atoms with E-state index in [1.807, 2.05) is 0 Å². The molecule has 1 aromatic heterocycles. The van der Waals surface area contributed by atoms with Gasteiger partial charge in [0.25, 0.3) is 0 Å². The minimum atomic E-state index is -0.985. The zero-order valence-corrected chi connectivity index (χ0v) is 12.1. The van der Waals surface area contributed by atoms with Gasteiger partial charge in [0.2, 0.25) is 5.91 Å². The molecule has 1 N–H and O–H groups in total. The van der Waals surface area contributed by atoms with E-state index in [4.69, 9.17) is 0 Å². The number of benzene rings is 2. The van der Waals surface area contributed by atoms with Crippen LogP contribution in [-0.4, -0.2) is 21.7 Å². The lowest BCUT2D eigenvalue weighted by molar-refractivity contribution is -0.121. The largest absolute Gasteiger partial charge is 0.345 e. The van der Waals surface area contributed by atoms with Crippen molar-refractivity contribution in [3.63, 3.8) is 0 Å². The molecule has 5 nitrogen and oxygen atoms in total. The molecular weight excluding hydrogens is 316 g/mol. The molecule has 1 atom stereocenters. The molecule has 3 aromatic rings. The van der Waals surface area contributed by atoms with Gasteiger partial charge in [0.05, 0.1) is 29.5 Å². The normalized spacial score (nSPS) is 18.8. The number of aromatic amines is 1. The van der Waals surface area contributed by atoms with Gasteiger partial charge in [-0.15, -0.1) is 0 Å². The molecule has 1 saturated heterocycles. The van der Waals surface area contributed by atoms with Crippen LogP contribution in [0, 0.1) is 11.6 Å². The van der Waals surface area contributed by atoms with Gasteiger partial charge >= 0.3 is 0 Å². The number of halogens is 2. The average molecular weight is 325 g/mol. The number of imidazole rings is 1. The predicted octanol–water partition coefficient (Wildman–Crippen LogP) is 2.87. The van der Waals surface area contributed by atoms with Crippen molar-refractivity contribution < 1.29 is 18.4 Å². The number of aromatic nitrogens is 2. The summed E-state index contributed by atoms with van der Waals surface area (Å²) in [6.45, 7) is 0. The molecule has 24 heavy (non-hydrogen) atoms. The summed E-state index contributed by atoms with van der Waals surface area (Å²) in [6, 6.07) is 4.30. The standard InChI is InChI=1S/C17H9F2N3O2/c18-7-3-8-14(9(19)4-7)15-11(2-1-10-16(15)21-6-20-10)22-13(24)5-12(23)17(8)22/h1-4,6,17H,5H2,(H,20,21). The molecular formula is C17H9F2N3O2. The highest BCUT2D eigenvalue weighted by Gasteiger charge is 2.46. The van der Waals surface area contributed by atoms with E-state index in [0.29, 0.717) is 22.3 Å². The molecule has 1 amide bonds. The highest BCUT2D eigenvalue weighted by atomic mass is 19.1. The summed E-state index contributed by atoms with van der Waals surface area (Å²) in [5.74, 6) is -2.29. The van der Waals surface area contributed by atoms with Crippen molar-refractivity contribution in [3.05, 3.63) is 47.8 Å². The van der Waals surface area contributed by atoms with Gasteiger partial charge in [-0.1, -0.05) is 0 Å². The number of H-pyrrole nitrogens is 1. The fourth-order valence-electron chi connectivity index (χ4n) is 3.72. The molecule has 2 aliphatic rings. The second kappa shape index (κ2) is 4.25. The van der Waals surface area contributed by atoms with E-state index in [1.165, 1.54) is 11.2 Å². The first-order valence-corrected chi connectivity index (χ1v) is 7.36. The Labute approximate surface area is 133 Å². The lowest BCUT2D eigenvalue weighted by Crippen LogP contribution is -2.32. The van der Waals surface area contributed by atoms with E-state index in [-0.39, 0.29) is 29.2 Å². The quantitative estimate of drug-likeness (QED) is 0.646. The maximum Gasteiger partial charge on any atom is 0.235 e. The molecule has 0 aliphatic carbocycles. The summed E-state index contributed by atoms with van der Waals surface area (Å²) in [4.78, 5) is 33.1. The summed E-state index contributed by atoms with van der Waals surface area (Å²) in [7, 11) is 0. The Bertz CT molecular complexity index is 1070. The number of hydrogen-bond donors (Lipinski definition) is 1. The summed E-state index contributed by atoms with van der Waals surface area (Å²) in [5.41, 5.74) is 2.28. The van der Waals surface area contributed by atoms with Crippen LogP contribution in [0.2, 0.25) is 0 Å². The van der Waals surface area contributed by atoms with Crippen molar-refractivity contribution >= 4 is 28.4 Å². The summed E-state index contributed by atoms with van der Waals surface area (Å²) >= 11 is 0. The lowest BCUT2D eigenvalue weighted by Gasteiger charge is -2.33. The number of anilines is 1. The zero-order chi connectivity index (χ0) is 16.6. The van der Waals surface area contributed by atoms with Gasteiger partial charge in [0, 0.05) is 17.2 Å². The molecule has 118 valence electrons. The van der Waals surface area contributed by atoms with Crippen LogP contribution in [0.25, 0.3) is 22.2 Å². The molecule has 5 rings (SSSR count). The van der Waals surface area contributed by atoms with E-state index in [2.05, 4.69) is 9.97 Å². The maximum absolute atomic E-state index is 14.6. The molecule has 0 bridgehead atoms. The smallest absolute Gasteiger partial charge is 0.235 e. The van der Waals surface area contributed by atoms with Crippen LogP contribution >= 0.6 is 0 Å². The number of ketones is 1. The monoisotopic (exact) mass is 325 g/mol. The van der Waals surface area contributed by atoms with Crippen LogP contribution in [-0.2, 0) is 9.59 Å². The Balaban J connectivity index is 1.98. The van der Waals surface area contributed by atoms with Crippen LogP contribution in [0.15, 0.2) is 30.6 Å². The van der Waals surface area contributed by atoms with Gasteiger partial charge < -0.3 is 4.98 Å². The minimum absolute atomic E-state index is 0.133. The first kappa shape index (κ1) is 13.4. The Morgan fingerprint density at radius 1 is 1.17 bits per heavy atom. The van der Waals surface area contributed by atoms with Gasteiger partial charge in [-0.25, -0.2) is 13.8 Å². The zero-order valence-electron chi connectivity index (χ0n) is 12.1. The average Bonchev–Trinajstić information content (AvgIpc) is 3.11. The number of hydrogen-bond acceptors (Lipinski definition) is 3. The second-order valence-corrected chi connectivity index (χ2v) is 5.92. The second-order valence-electron chi connectivity index (χ2n) is 5.92. The summed E-state index contributed by atoms with van der Waals surface area (Å²) in [6.07, 6.45) is 1.19. The van der Waals surface area contributed by atoms with Gasteiger partial charge in [-0.05, 0) is 23.8 Å². The predicted molar refractivity (Wildman–Crippen MR) is 81.3 cm³/mol. The molecule has 0 radical (unpaired) electrons. The van der Waals surface area contributed by atoms with Gasteiger partial charge in [-0.3, -0.25) is 14.5 Å². The van der Waals surface area contributed by atoms with Crippen molar-refractivity contribution in [1.82, 2.24) is 9.97 Å². The maximum atomic E-state index is 14.6. The van der Waals surface area contributed by atoms with E-state index in [9.17, 15) is 18.4 Å². The number of carbonyl (C=O) groups excluding carboxylic acids is 2. The highest BCUT2D eigenvalue weighted by Crippen LogP contribution is 2.51. The lowest BCUT2D eigenvalue weighted by atomic mass is 9.87. The first-order valence-electron chi connectivity index (χ1n) is 7.36. The number of nitrogens with zero attached hydrogens (tertiary/aromatic N) is 2. The van der Waals surface area contributed by atoms with Gasteiger partial charge in [0.15, 0.2) is 5.78 Å². The third-order valence-corrected chi connectivity index (χ3v) is 4.62. The number of amides is 1. The molecule has 3 heterocycles. The molecule has 1 unspecified atom stereocenters. The number of nitrogens with one attached hydrogen (secondary N) is 1. The van der Waals surface area contributed by atoms with E-state index in [0.717, 1.165) is 12.1 Å². The van der Waals surface area contributed by atoms with Crippen molar-refractivity contribution in [2.75, 3.05) is 4.90 Å². The minimum Gasteiger partial charge on any atom is -0.345 e. The van der Waals surface area contributed by atoms with Crippen LogP contribution in [0.5, 0.6) is 0 Å². The molecule has 2 aliphatic heterocycles. The van der Waals surface area contributed by atoms with Gasteiger partial charge in [0.1, 0.15) is 17.7 Å². The Morgan fingerprint density at radius 2 is 2.00 bits per heavy atom. The Hall–Kier alpha value is -3.09. The fraction of sp³-hybridized carbons (Fsp3) is 0.118. The van der Waals surface area contributed by atoms with Crippen LogP contribution in [0.3, 0.4) is 0 Å². The number of rotatable bonds is 0. The van der Waals surface area contributed by atoms with E-state index < -0.39 is 17.7 Å². The van der Waals surface area contributed by atoms with Crippen molar-refractivity contribution in [2.45, 2.75) is 12.5 Å². The van der Waals surface area contributed by atoms with Crippen molar-refractivity contribution in [2.24, 2.45) is 0 Å². The third-order valence-electron chi connectivity index (χ3n) is 4.62. The SMILES string of the molecule is O=C1CC(=O)N2c3ccc4[nH]cnc4c3-c3c(F)cc(F)cc3C12. The van der Waals surface area contributed by atoms with Gasteiger partial charge in [-0.2, -0.15) is 0 Å². The van der Waals surface area contributed by atoms with E-state index >= 15 is 0 Å². The molecule has 0 saturated carbocycles. The van der Waals surface area contributed by atoms with E-state index in [1.54, 1.807) is 12.1 Å². The molecule has 7 heteroatoms. The molecule has 1 fully saturated rings. The first-order chi connectivity index (χ1) is 11.6. The number of carbonyl (C=O) groups is 2. The number of fused-ring (bicyclic) bond motifs is 8. The Kier molecular flexibility index (Phi) is 2.37. The topological polar surface area (TPSA) is 66.1 Å². The molecule has 0 spiro atoms. The fourth-order valence-corrected chi connectivity index (χ4v) is 3.72. The third kappa shape index (κ3) is 1.49. The summed E-state index contributed by atoms with van der Waals surface area (Å²) in [5, 5.41) is 0. The Morgan fingerprint density at radius 3 is 2.83 bits per heavy atom. The number of Topliss-reactive ketones (excluding diaryl/α,β-unsaturated/α-hetero) is 1.